The molecule has 9 heteroatoms. The van der Waals surface area contributed by atoms with Crippen molar-refractivity contribution in [1.82, 2.24) is 5.32 Å². The lowest BCUT2D eigenvalue weighted by atomic mass is 10.1. The molecule has 0 spiro atoms. The van der Waals surface area contributed by atoms with Gasteiger partial charge in [-0.2, -0.15) is 0 Å². The Hall–Kier alpha value is -0.103. The molecule has 0 aromatic heterocycles. The van der Waals surface area contributed by atoms with Crippen LogP contribution in [0, 0.1) is 0 Å². The highest BCUT2D eigenvalue weighted by Crippen LogP contribution is 2.06. The van der Waals surface area contributed by atoms with Crippen molar-refractivity contribution in [2.45, 2.75) is 38.6 Å². The van der Waals surface area contributed by atoms with E-state index in [-0.39, 0.29) is 0 Å². The normalized spacial score (nSPS) is 15.8. The fourth-order valence-electron chi connectivity index (χ4n) is 2.62. The minimum absolute atomic E-state index is 0.388. The lowest BCUT2D eigenvalue weighted by Gasteiger charge is -2.22. The fourth-order valence-corrected chi connectivity index (χ4v) is 3.32. The Morgan fingerprint density at radius 3 is 1.38 bits per heavy atom. The van der Waals surface area contributed by atoms with Crippen molar-refractivity contribution in [3.63, 3.8) is 0 Å². The van der Waals surface area contributed by atoms with Crippen LogP contribution in [0.3, 0.4) is 0 Å². The summed E-state index contributed by atoms with van der Waals surface area (Å²) in [4.78, 5) is 0. The average Bonchev–Trinajstić information content (AvgIpc) is 2.69. The van der Waals surface area contributed by atoms with Crippen molar-refractivity contribution in [3.05, 3.63) is 0 Å². The molecule has 0 radical (unpaired) electrons. The summed E-state index contributed by atoms with van der Waals surface area (Å²) in [6.07, 6.45) is 2.57. The zero-order valence-corrected chi connectivity index (χ0v) is 19.7. The van der Waals surface area contributed by atoms with E-state index >= 15 is 0 Å². The van der Waals surface area contributed by atoms with E-state index in [2.05, 4.69) is 25.0 Å². The van der Waals surface area contributed by atoms with Gasteiger partial charge >= 0.3 is 0 Å². The number of ether oxygens (including phenoxy) is 6. The quantitative estimate of drug-likeness (QED) is 0.228. The second-order valence-corrected chi connectivity index (χ2v) is 12.4. The first-order valence-corrected chi connectivity index (χ1v) is 14.3. The maximum atomic E-state index is 5.77. The Bertz CT molecular complexity index is 352. The SMILES string of the molecule is C[Si](C)(C)OCCOCCOCCOCCOCCOCCOC1CCNCC1. The Balaban J connectivity index is 1.66. The zero-order valence-electron chi connectivity index (χ0n) is 18.7. The molecule has 1 fully saturated rings. The van der Waals surface area contributed by atoms with Gasteiger partial charge in [-0.25, -0.2) is 0 Å². The minimum Gasteiger partial charge on any atom is -0.415 e. The second-order valence-electron chi connectivity index (χ2n) is 7.84. The molecule has 1 saturated heterocycles. The zero-order chi connectivity index (χ0) is 21.0. The van der Waals surface area contributed by atoms with Crippen LogP contribution in [-0.4, -0.2) is 107 Å². The third-order valence-corrected chi connectivity index (χ3v) is 5.19. The van der Waals surface area contributed by atoms with Crippen molar-refractivity contribution < 1.29 is 32.8 Å². The first-order valence-electron chi connectivity index (χ1n) is 10.9. The summed E-state index contributed by atoms with van der Waals surface area (Å²) in [6.45, 7) is 15.7. The van der Waals surface area contributed by atoms with Crippen molar-refractivity contribution in [3.8, 4) is 0 Å². The van der Waals surface area contributed by atoms with Crippen molar-refractivity contribution in [1.29, 1.82) is 0 Å². The van der Waals surface area contributed by atoms with Gasteiger partial charge in [-0.15, -0.1) is 0 Å². The summed E-state index contributed by atoms with van der Waals surface area (Å²) in [5, 5.41) is 3.33. The predicted molar refractivity (Wildman–Crippen MR) is 115 cm³/mol. The molecule has 29 heavy (non-hydrogen) atoms. The molecular formula is C20H43NO7Si. The van der Waals surface area contributed by atoms with E-state index in [4.69, 9.17) is 32.8 Å². The Kier molecular flexibility index (Phi) is 17.3. The molecule has 1 heterocycles. The first-order chi connectivity index (χ1) is 14.1. The third-order valence-electron chi connectivity index (χ3n) is 4.12. The van der Waals surface area contributed by atoms with E-state index in [1.54, 1.807) is 0 Å². The van der Waals surface area contributed by atoms with E-state index in [0.29, 0.717) is 85.4 Å². The van der Waals surface area contributed by atoms with Crippen molar-refractivity contribution in [2.75, 3.05) is 92.4 Å². The molecule has 0 unspecified atom stereocenters. The minimum atomic E-state index is -1.43. The van der Waals surface area contributed by atoms with Crippen LogP contribution < -0.4 is 5.32 Å². The molecule has 0 aliphatic carbocycles. The van der Waals surface area contributed by atoms with Gasteiger partial charge in [0, 0.05) is 0 Å². The Morgan fingerprint density at radius 2 is 0.966 bits per heavy atom. The Morgan fingerprint density at radius 1 is 0.586 bits per heavy atom. The van der Waals surface area contributed by atoms with Crippen LogP contribution in [0.15, 0.2) is 0 Å². The van der Waals surface area contributed by atoms with Gasteiger partial charge in [0.25, 0.3) is 0 Å². The highest BCUT2D eigenvalue weighted by atomic mass is 28.4. The first kappa shape index (κ1) is 26.9. The van der Waals surface area contributed by atoms with Gasteiger partial charge in [-0.1, -0.05) is 0 Å². The molecule has 1 rings (SSSR count). The molecule has 0 amide bonds. The fraction of sp³-hybridized carbons (Fsp3) is 1.00. The maximum Gasteiger partial charge on any atom is 0.183 e. The van der Waals surface area contributed by atoms with Crippen LogP contribution in [0.1, 0.15) is 12.8 Å². The Labute approximate surface area is 178 Å². The maximum absolute atomic E-state index is 5.77. The van der Waals surface area contributed by atoms with E-state index < -0.39 is 8.32 Å². The summed E-state index contributed by atoms with van der Waals surface area (Å²) >= 11 is 0. The van der Waals surface area contributed by atoms with E-state index in [1.807, 2.05) is 0 Å². The monoisotopic (exact) mass is 437 g/mol. The lowest BCUT2D eigenvalue weighted by Crippen LogP contribution is -2.33. The summed E-state index contributed by atoms with van der Waals surface area (Å²) in [6, 6.07) is 0. The topological polar surface area (TPSA) is 76.6 Å². The van der Waals surface area contributed by atoms with Gasteiger partial charge in [-0.3, -0.25) is 0 Å². The molecule has 174 valence electrons. The highest BCUT2D eigenvalue weighted by molar-refractivity contribution is 6.69. The molecule has 1 aliphatic heterocycles. The number of hydrogen-bond donors (Lipinski definition) is 1. The van der Waals surface area contributed by atoms with Gasteiger partial charge in [0.05, 0.1) is 85.4 Å². The van der Waals surface area contributed by atoms with E-state index in [1.165, 1.54) is 0 Å². The largest absolute Gasteiger partial charge is 0.415 e. The summed E-state index contributed by atoms with van der Waals surface area (Å²) in [7, 11) is -1.43. The van der Waals surface area contributed by atoms with E-state index in [9.17, 15) is 0 Å². The summed E-state index contributed by atoms with van der Waals surface area (Å²) in [5.74, 6) is 0. The summed E-state index contributed by atoms with van der Waals surface area (Å²) in [5.41, 5.74) is 0. The van der Waals surface area contributed by atoms with Gasteiger partial charge < -0.3 is 38.2 Å². The van der Waals surface area contributed by atoms with Crippen LogP contribution in [0.25, 0.3) is 0 Å². The van der Waals surface area contributed by atoms with Crippen LogP contribution in [0.4, 0.5) is 0 Å². The van der Waals surface area contributed by atoms with Crippen LogP contribution >= 0.6 is 0 Å². The third kappa shape index (κ3) is 19.6. The van der Waals surface area contributed by atoms with Crippen molar-refractivity contribution >= 4 is 8.32 Å². The highest BCUT2D eigenvalue weighted by Gasteiger charge is 2.13. The molecule has 8 nitrogen and oxygen atoms in total. The van der Waals surface area contributed by atoms with E-state index in [0.717, 1.165) is 25.9 Å². The van der Waals surface area contributed by atoms with Crippen molar-refractivity contribution in [2.24, 2.45) is 0 Å². The van der Waals surface area contributed by atoms with Crippen LogP contribution in [0.2, 0.25) is 19.6 Å². The standard InChI is InChI=1S/C20H43NO7Si/c1-29(2,3)28-19-17-26-15-13-24-11-9-22-8-10-23-12-14-25-16-18-27-20-4-6-21-7-5-20/h20-21H,4-19H2,1-3H3. The number of piperidine rings is 1. The predicted octanol–water partition coefficient (Wildman–Crippen LogP) is 1.69. The lowest BCUT2D eigenvalue weighted by molar-refractivity contribution is -0.0299. The molecular weight excluding hydrogens is 394 g/mol. The summed E-state index contributed by atoms with van der Waals surface area (Å²) < 4.78 is 38.8. The smallest absolute Gasteiger partial charge is 0.183 e. The van der Waals surface area contributed by atoms with Gasteiger partial charge in [0.15, 0.2) is 8.32 Å². The molecule has 1 aliphatic rings. The molecule has 0 atom stereocenters. The average molecular weight is 438 g/mol. The molecule has 0 aromatic carbocycles. The number of nitrogens with one attached hydrogen (secondary N) is 1. The van der Waals surface area contributed by atoms with Gasteiger partial charge in [0.1, 0.15) is 0 Å². The number of hydrogen-bond acceptors (Lipinski definition) is 8. The second kappa shape index (κ2) is 18.6. The molecule has 1 N–H and O–H groups in total. The van der Waals surface area contributed by atoms with Crippen LogP contribution in [-0.2, 0) is 32.8 Å². The van der Waals surface area contributed by atoms with Gasteiger partial charge in [-0.05, 0) is 45.6 Å². The van der Waals surface area contributed by atoms with Gasteiger partial charge in [0.2, 0.25) is 0 Å². The molecule has 0 bridgehead atoms. The molecule has 0 aromatic rings. The van der Waals surface area contributed by atoms with Crippen LogP contribution in [0.5, 0.6) is 0 Å². The molecule has 0 saturated carbocycles. The number of rotatable bonds is 20.